The predicted octanol–water partition coefficient (Wildman–Crippen LogP) is 3.79. The highest BCUT2D eigenvalue weighted by Gasteiger charge is 2.42. The molecular weight excluding hydrogens is 350 g/mol. The van der Waals surface area contributed by atoms with Gasteiger partial charge in [0.05, 0.1) is 11.2 Å². The van der Waals surface area contributed by atoms with E-state index in [1.165, 1.54) is 4.90 Å². The van der Waals surface area contributed by atoms with Crippen LogP contribution in [0.4, 0.5) is 0 Å². The maximum absolute atomic E-state index is 12.6. The molecule has 5 nitrogen and oxygen atoms in total. The summed E-state index contributed by atoms with van der Waals surface area (Å²) in [6.07, 6.45) is 3.58. The zero-order valence-corrected chi connectivity index (χ0v) is 17.8. The van der Waals surface area contributed by atoms with Crippen LogP contribution in [0.15, 0.2) is 0 Å². The summed E-state index contributed by atoms with van der Waals surface area (Å²) in [4.78, 5) is 38.6. The highest BCUT2D eigenvalue weighted by Crippen LogP contribution is 2.36. The first-order valence-corrected chi connectivity index (χ1v) is 10.5. The number of likely N-dealkylation sites (tertiary alicyclic amines) is 1. The van der Waals surface area contributed by atoms with E-state index in [2.05, 4.69) is 20.8 Å². The maximum atomic E-state index is 12.6. The van der Waals surface area contributed by atoms with Gasteiger partial charge in [-0.15, -0.1) is 11.8 Å². The number of hydrogen-bond donors (Lipinski definition) is 0. The molecule has 1 aliphatic heterocycles. The lowest BCUT2D eigenvalue weighted by atomic mass is 9.81. The molecule has 1 heterocycles. The molecular formula is C20H33NO4S. The predicted molar refractivity (Wildman–Crippen MR) is 104 cm³/mol. The van der Waals surface area contributed by atoms with Gasteiger partial charge in [0, 0.05) is 17.7 Å². The van der Waals surface area contributed by atoms with E-state index >= 15 is 0 Å². The average Bonchev–Trinajstić information content (AvgIpc) is 2.72. The first-order valence-electron chi connectivity index (χ1n) is 9.60. The van der Waals surface area contributed by atoms with E-state index in [-0.39, 0.29) is 33.7 Å². The van der Waals surface area contributed by atoms with Crippen molar-refractivity contribution in [2.75, 3.05) is 6.54 Å². The average molecular weight is 384 g/mol. The smallest absolute Gasteiger partial charge is 0.309 e. The van der Waals surface area contributed by atoms with Crippen molar-refractivity contribution in [2.24, 2.45) is 11.8 Å². The number of thioether (sulfide) groups is 1. The summed E-state index contributed by atoms with van der Waals surface area (Å²) >= 11 is 1.58. The van der Waals surface area contributed by atoms with Gasteiger partial charge in [0.15, 0.2) is 0 Å². The number of ether oxygens (including phenoxy) is 1. The molecule has 1 aliphatic carbocycles. The molecule has 0 spiro atoms. The van der Waals surface area contributed by atoms with Crippen LogP contribution in [0.1, 0.15) is 73.6 Å². The third kappa shape index (κ3) is 6.00. The Kier molecular flexibility index (Phi) is 6.47. The van der Waals surface area contributed by atoms with Gasteiger partial charge in [0.1, 0.15) is 5.60 Å². The molecule has 2 amide bonds. The number of carbonyl (C=O) groups excluding carboxylic acids is 3. The van der Waals surface area contributed by atoms with Gasteiger partial charge in [0.2, 0.25) is 11.8 Å². The topological polar surface area (TPSA) is 63.7 Å². The highest BCUT2D eigenvalue weighted by atomic mass is 32.2. The van der Waals surface area contributed by atoms with Gasteiger partial charge in [-0.1, -0.05) is 20.8 Å². The summed E-state index contributed by atoms with van der Waals surface area (Å²) in [7, 11) is 0. The maximum Gasteiger partial charge on any atom is 0.309 e. The summed E-state index contributed by atoms with van der Waals surface area (Å²) < 4.78 is 5.44. The monoisotopic (exact) mass is 383 g/mol. The number of amides is 2. The van der Waals surface area contributed by atoms with Crippen molar-refractivity contribution in [1.29, 1.82) is 0 Å². The summed E-state index contributed by atoms with van der Waals surface area (Å²) in [6.45, 7) is 12.3. The zero-order chi connectivity index (χ0) is 19.7. The van der Waals surface area contributed by atoms with E-state index in [9.17, 15) is 14.4 Å². The molecule has 1 unspecified atom stereocenters. The summed E-state index contributed by atoms with van der Waals surface area (Å²) in [6, 6.07) is 0. The first kappa shape index (κ1) is 21.3. The van der Waals surface area contributed by atoms with E-state index in [0.717, 1.165) is 25.7 Å². The SMILES string of the molecule is CC(C)(C)OC(=O)C1CCC(CN2C(=O)CC(SC(C)(C)C)C2=O)CC1. The van der Waals surface area contributed by atoms with Gasteiger partial charge < -0.3 is 4.74 Å². The largest absolute Gasteiger partial charge is 0.460 e. The molecule has 0 aromatic carbocycles. The van der Waals surface area contributed by atoms with Gasteiger partial charge in [-0.05, 0) is 52.4 Å². The van der Waals surface area contributed by atoms with Crippen LogP contribution in [0.3, 0.4) is 0 Å². The van der Waals surface area contributed by atoms with Crippen LogP contribution in [0, 0.1) is 11.8 Å². The van der Waals surface area contributed by atoms with Crippen LogP contribution >= 0.6 is 11.8 Å². The van der Waals surface area contributed by atoms with Crippen LogP contribution < -0.4 is 0 Å². The van der Waals surface area contributed by atoms with E-state index < -0.39 is 5.60 Å². The van der Waals surface area contributed by atoms with Crippen molar-refractivity contribution >= 4 is 29.5 Å². The van der Waals surface area contributed by atoms with Gasteiger partial charge in [-0.3, -0.25) is 19.3 Å². The fourth-order valence-corrected chi connectivity index (χ4v) is 4.90. The van der Waals surface area contributed by atoms with Gasteiger partial charge in [-0.25, -0.2) is 0 Å². The highest BCUT2D eigenvalue weighted by molar-refractivity contribution is 8.01. The number of carbonyl (C=O) groups is 3. The van der Waals surface area contributed by atoms with E-state index in [0.29, 0.717) is 18.9 Å². The minimum atomic E-state index is -0.456. The van der Waals surface area contributed by atoms with Gasteiger partial charge in [0.25, 0.3) is 0 Å². The van der Waals surface area contributed by atoms with Crippen molar-refractivity contribution in [1.82, 2.24) is 4.90 Å². The van der Waals surface area contributed by atoms with E-state index in [1.807, 2.05) is 20.8 Å². The Morgan fingerprint density at radius 2 is 1.65 bits per heavy atom. The van der Waals surface area contributed by atoms with Crippen molar-refractivity contribution in [2.45, 2.75) is 89.2 Å². The molecule has 0 aromatic rings. The number of hydrogen-bond acceptors (Lipinski definition) is 5. The van der Waals surface area contributed by atoms with Crippen LogP contribution in [0.25, 0.3) is 0 Å². The van der Waals surface area contributed by atoms with Crippen molar-refractivity contribution in [3.63, 3.8) is 0 Å². The second kappa shape index (κ2) is 7.91. The number of rotatable bonds is 4. The standard InChI is InChI=1S/C20H33NO4S/c1-19(2,3)25-18(24)14-9-7-13(8-10-14)12-21-16(22)11-15(17(21)23)26-20(4,5)6/h13-15H,7-12H2,1-6H3. The molecule has 26 heavy (non-hydrogen) atoms. The second-order valence-corrected chi connectivity index (χ2v) is 11.5. The Balaban J connectivity index is 1.85. The summed E-state index contributed by atoms with van der Waals surface area (Å²) in [5, 5.41) is -0.249. The minimum absolute atomic E-state index is 0.0378. The van der Waals surface area contributed by atoms with E-state index in [4.69, 9.17) is 4.74 Å². The van der Waals surface area contributed by atoms with Crippen molar-refractivity contribution in [3.05, 3.63) is 0 Å². The van der Waals surface area contributed by atoms with Crippen LogP contribution in [0.5, 0.6) is 0 Å². The molecule has 2 rings (SSSR count). The molecule has 0 N–H and O–H groups in total. The van der Waals surface area contributed by atoms with Gasteiger partial charge >= 0.3 is 5.97 Å². The van der Waals surface area contributed by atoms with Crippen LogP contribution in [-0.2, 0) is 19.1 Å². The Bertz CT molecular complexity index is 553. The van der Waals surface area contributed by atoms with Crippen LogP contribution in [-0.4, -0.2) is 44.8 Å². The Morgan fingerprint density at radius 1 is 1.08 bits per heavy atom. The zero-order valence-electron chi connectivity index (χ0n) is 17.0. The summed E-state index contributed by atoms with van der Waals surface area (Å²) in [5.41, 5.74) is -0.456. The lowest BCUT2D eigenvalue weighted by molar-refractivity contribution is -0.161. The molecule has 0 radical (unpaired) electrons. The molecule has 0 aromatic heterocycles. The molecule has 2 fully saturated rings. The van der Waals surface area contributed by atoms with Crippen molar-refractivity contribution in [3.8, 4) is 0 Å². The molecule has 6 heteroatoms. The van der Waals surface area contributed by atoms with E-state index in [1.54, 1.807) is 11.8 Å². The first-order chi connectivity index (χ1) is 11.9. The van der Waals surface area contributed by atoms with Crippen molar-refractivity contribution < 1.29 is 19.1 Å². The second-order valence-electron chi connectivity index (χ2n) is 9.52. The lowest BCUT2D eigenvalue weighted by Gasteiger charge is -2.31. The molecule has 1 saturated carbocycles. The molecule has 0 bridgehead atoms. The number of imide groups is 1. The molecule has 2 aliphatic rings. The van der Waals surface area contributed by atoms with Gasteiger partial charge in [-0.2, -0.15) is 0 Å². The molecule has 1 atom stereocenters. The fraction of sp³-hybridized carbons (Fsp3) is 0.850. The minimum Gasteiger partial charge on any atom is -0.460 e. The third-order valence-corrected chi connectivity index (χ3v) is 6.09. The third-order valence-electron chi connectivity index (χ3n) is 4.73. The fourth-order valence-electron chi connectivity index (χ4n) is 3.59. The number of nitrogens with zero attached hydrogens (tertiary/aromatic N) is 1. The Morgan fingerprint density at radius 3 is 2.15 bits per heavy atom. The molecule has 148 valence electrons. The van der Waals surface area contributed by atoms with Crippen LogP contribution in [0.2, 0.25) is 0 Å². The quantitative estimate of drug-likeness (QED) is 0.546. The molecule has 1 saturated heterocycles. The Labute approximate surface area is 161 Å². The summed E-state index contributed by atoms with van der Waals surface area (Å²) in [5.74, 6) is 0.0285. The lowest BCUT2D eigenvalue weighted by Crippen LogP contribution is -2.38. The normalized spacial score (nSPS) is 27.8. The Hall–Kier alpha value is -1.04. The number of esters is 1.